The summed E-state index contributed by atoms with van der Waals surface area (Å²) in [6.45, 7) is 4.86. The van der Waals surface area contributed by atoms with Gasteiger partial charge < -0.3 is 19.7 Å². The van der Waals surface area contributed by atoms with Crippen LogP contribution in [0.5, 0.6) is 0 Å². The van der Waals surface area contributed by atoms with Crippen LogP contribution in [-0.4, -0.2) is 49.9 Å². The fourth-order valence-electron chi connectivity index (χ4n) is 0.398. The van der Waals surface area contributed by atoms with Gasteiger partial charge in [0.1, 0.15) is 0 Å². The lowest BCUT2D eigenvalue weighted by Crippen LogP contribution is -2.03. The SMILES string of the molecule is CCC(C)OC.OCCOCCO. The van der Waals surface area contributed by atoms with Crippen LogP contribution in [0, 0.1) is 0 Å². The zero-order valence-electron chi connectivity index (χ0n) is 8.82. The number of rotatable bonds is 6. The summed E-state index contributed by atoms with van der Waals surface area (Å²) in [5.41, 5.74) is 0. The van der Waals surface area contributed by atoms with Gasteiger partial charge in [0, 0.05) is 7.11 Å². The standard InChI is InChI=1S/C5H12O.C4H10O3/c1-4-5(2)6-3;5-1-3-7-4-2-6/h5H,4H2,1-3H3;5-6H,1-4H2. The van der Waals surface area contributed by atoms with Gasteiger partial charge >= 0.3 is 0 Å². The van der Waals surface area contributed by atoms with E-state index >= 15 is 0 Å². The zero-order valence-corrected chi connectivity index (χ0v) is 8.82. The molecular formula is C9H22O4. The molecule has 82 valence electrons. The van der Waals surface area contributed by atoms with Crippen molar-refractivity contribution in [1.82, 2.24) is 0 Å². The first-order valence-corrected chi connectivity index (χ1v) is 4.55. The van der Waals surface area contributed by atoms with E-state index in [9.17, 15) is 0 Å². The van der Waals surface area contributed by atoms with Crippen molar-refractivity contribution in [3.05, 3.63) is 0 Å². The van der Waals surface area contributed by atoms with Gasteiger partial charge in [0.15, 0.2) is 0 Å². The van der Waals surface area contributed by atoms with Crippen LogP contribution in [0.15, 0.2) is 0 Å². The number of methoxy groups -OCH3 is 1. The van der Waals surface area contributed by atoms with Crippen LogP contribution >= 0.6 is 0 Å². The van der Waals surface area contributed by atoms with Gasteiger partial charge in [-0.25, -0.2) is 0 Å². The molecule has 1 atom stereocenters. The van der Waals surface area contributed by atoms with Gasteiger partial charge in [0.25, 0.3) is 0 Å². The number of hydrogen-bond donors (Lipinski definition) is 2. The summed E-state index contributed by atoms with van der Waals surface area (Å²) in [4.78, 5) is 0. The number of aliphatic hydroxyl groups is 2. The second-order valence-electron chi connectivity index (χ2n) is 2.51. The monoisotopic (exact) mass is 194 g/mol. The van der Waals surface area contributed by atoms with E-state index in [2.05, 4.69) is 18.6 Å². The van der Waals surface area contributed by atoms with E-state index in [4.69, 9.17) is 14.9 Å². The molecule has 0 saturated carbocycles. The van der Waals surface area contributed by atoms with Gasteiger partial charge in [-0.05, 0) is 13.3 Å². The molecule has 0 saturated heterocycles. The average molecular weight is 194 g/mol. The van der Waals surface area contributed by atoms with Crippen LogP contribution in [0.25, 0.3) is 0 Å². The molecule has 0 fully saturated rings. The molecule has 0 rings (SSSR count). The van der Waals surface area contributed by atoms with E-state index in [0.29, 0.717) is 19.3 Å². The van der Waals surface area contributed by atoms with Crippen LogP contribution < -0.4 is 0 Å². The molecular weight excluding hydrogens is 172 g/mol. The zero-order chi connectivity index (χ0) is 10.5. The first kappa shape index (κ1) is 15.3. The second kappa shape index (κ2) is 14.4. The molecule has 0 aromatic carbocycles. The lowest BCUT2D eigenvalue weighted by molar-refractivity contribution is 0.0650. The highest BCUT2D eigenvalue weighted by molar-refractivity contribution is 4.38. The molecule has 0 aromatic heterocycles. The average Bonchev–Trinajstić information content (AvgIpc) is 2.18. The molecule has 13 heavy (non-hydrogen) atoms. The van der Waals surface area contributed by atoms with Crippen LogP contribution in [0.1, 0.15) is 20.3 Å². The van der Waals surface area contributed by atoms with Gasteiger partial charge in [-0.2, -0.15) is 0 Å². The minimum Gasteiger partial charge on any atom is -0.394 e. The highest BCUT2D eigenvalue weighted by atomic mass is 16.5. The van der Waals surface area contributed by atoms with Crippen molar-refractivity contribution < 1.29 is 19.7 Å². The van der Waals surface area contributed by atoms with E-state index in [0.717, 1.165) is 6.42 Å². The van der Waals surface area contributed by atoms with Crippen LogP contribution in [0.4, 0.5) is 0 Å². The maximum atomic E-state index is 8.09. The summed E-state index contributed by atoms with van der Waals surface area (Å²) in [6.07, 6.45) is 1.54. The highest BCUT2D eigenvalue weighted by Crippen LogP contribution is 1.89. The summed E-state index contributed by atoms with van der Waals surface area (Å²) < 4.78 is 9.53. The Hall–Kier alpha value is -0.160. The Balaban J connectivity index is 0. The summed E-state index contributed by atoms with van der Waals surface area (Å²) in [6, 6.07) is 0. The Morgan fingerprint density at radius 1 is 1.15 bits per heavy atom. The second-order valence-corrected chi connectivity index (χ2v) is 2.51. The van der Waals surface area contributed by atoms with Gasteiger partial charge in [-0.3, -0.25) is 0 Å². The molecule has 0 aliphatic rings. The van der Waals surface area contributed by atoms with Crippen LogP contribution in [0.3, 0.4) is 0 Å². The van der Waals surface area contributed by atoms with Crippen LogP contribution in [0.2, 0.25) is 0 Å². The van der Waals surface area contributed by atoms with E-state index in [1.165, 1.54) is 0 Å². The molecule has 1 unspecified atom stereocenters. The molecule has 0 heterocycles. The molecule has 0 bridgehead atoms. The topological polar surface area (TPSA) is 58.9 Å². The molecule has 0 aliphatic heterocycles. The summed E-state index contributed by atoms with van der Waals surface area (Å²) in [7, 11) is 1.73. The first-order valence-electron chi connectivity index (χ1n) is 4.55. The Kier molecular flexibility index (Phi) is 16.9. The predicted octanol–water partition coefficient (Wildman–Crippen LogP) is 0.419. The van der Waals surface area contributed by atoms with Gasteiger partial charge in [-0.1, -0.05) is 6.92 Å². The third-order valence-electron chi connectivity index (χ3n) is 1.45. The quantitative estimate of drug-likeness (QED) is 0.602. The third-order valence-corrected chi connectivity index (χ3v) is 1.45. The lowest BCUT2D eigenvalue weighted by atomic mass is 10.3. The Bertz CT molecular complexity index is 70.0. The van der Waals surface area contributed by atoms with E-state index in [-0.39, 0.29) is 13.2 Å². The van der Waals surface area contributed by atoms with Crippen molar-refractivity contribution in [1.29, 1.82) is 0 Å². The van der Waals surface area contributed by atoms with E-state index in [1.54, 1.807) is 7.11 Å². The first-order chi connectivity index (χ1) is 6.22. The van der Waals surface area contributed by atoms with Crippen molar-refractivity contribution in [2.45, 2.75) is 26.4 Å². The third kappa shape index (κ3) is 18.7. The molecule has 2 N–H and O–H groups in total. The Morgan fingerprint density at radius 3 is 1.77 bits per heavy atom. The van der Waals surface area contributed by atoms with Crippen LogP contribution in [-0.2, 0) is 9.47 Å². The van der Waals surface area contributed by atoms with Crippen molar-refractivity contribution in [3.8, 4) is 0 Å². The fraction of sp³-hybridized carbons (Fsp3) is 1.00. The summed E-state index contributed by atoms with van der Waals surface area (Å²) >= 11 is 0. The number of ether oxygens (including phenoxy) is 2. The van der Waals surface area contributed by atoms with Gasteiger partial charge in [0.05, 0.1) is 32.5 Å². The summed E-state index contributed by atoms with van der Waals surface area (Å²) in [5, 5.41) is 16.2. The van der Waals surface area contributed by atoms with Crippen molar-refractivity contribution in [2.75, 3.05) is 33.5 Å². The molecule has 4 nitrogen and oxygen atoms in total. The minimum atomic E-state index is 0.0278. The highest BCUT2D eigenvalue weighted by Gasteiger charge is 1.88. The lowest BCUT2D eigenvalue weighted by Gasteiger charge is -2.01. The smallest absolute Gasteiger partial charge is 0.0698 e. The Morgan fingerprint density at radius 2 is 1.62 bits per heavy atom. The predicted molar refractivity (Wildman–Crippen MR) is 51.8 cm³/mol. The Labute approximate surface area is 80.5 Å². The normalized spacial score (nSPS) is 11.8. The molecule has 0 aliphatic carbocycles. The maximum absolute atomic E-state index is 8.09. The van der Waals surface area contributed by atoms with E-state index < -0.39 is 0 Å². The van der Waals surface area contributed by atoms with Gasteiger partial charge in [-0.15, -0.1) is 0 Å². The molecule has 0 radical (unpaired) electrons. The van der Waals surface area contributed by atoms with Crippen molar-refractivity contribution in [3.63, 3.8) is 0 Å². The number of hydrogen-bond acceptors (Lipinski definition) is 4. The molecule has 0 aromatic rings. The fourth-order valence-corrected chi connectivity index (χ4v) is 0.398. The van der Waals surface area contributed by atoms with Crippen molar-refractivity contribution in [2.24, 2.45) is 0 Å². The van der Waals surface area contributed by atoms with E-state index in [1.807, 2.05) is 0 Å². The van der Waals surface area contributed by atoms with Crippen molar-refractivity contribution >= 4 is 0 Å². The summed E-state index contributed by atoms with van der Waals surface area (Å²) in [5.74, 6) is 0. The number of aliphatic hydroxyl groups excluding tert-OH is 2. The van der Waals surface area contributed by atoms with Gasteiger partial charge in [0.2, 0.25) is 0 Å². The molecule has 0 spiro atoms. The molecule has 4 heteroatoms. The maximum Gasteiger partial charge on any atom is 0.0698 e. The molecule has 0 amide bonds. The minimum absolute atomic E-state index is 0.0278. The largest absolute Gasteiger partial charge is 0.394 e.